The highest BCUT2D eigenvalue weighted by Crippen LogP contribution is 2.76. The first-order valence-corrected chi connectivity index (χ1v) is 22.1. The third-order valence-corrected chi connectivity index (χ3v) is 20.5. The van der Waals surface area contributed by atoms with Gasteiger partial charge in [0.15, 0.2) is 14.1 Å². The Kier molecular flexibility index (Phi) is 8.64. The van der Waals surface area contributed by atoms with Crippen LogP contribution >= 0.6 is 0 Å². The summed E-state index contributed by atoms with van der Waals surface area (Å²) in [5.74, 6) is 0.887. The number of Topliss-reactive ketones (excluding diaryl/α,β-unsaturated/α-hetero) is 1. The second-order valence-corrected chi connectivity index (χ2v) is 25.4. The van der Waals surface area contributed by atoms with E-state index in [4.69, 9.17) is 8.61 Å². The molecule has 7 atom stereocenters. The number of allylic oxidation sites excluding steroid dienone is 3. The summed E-state index contributed by atoms with van der Waals surface area (Å²) in [5.41, 5.74) is -4.54. The molecule has 5 aliphatic carbocycles. The molecule has 0 aromatic heterocycles. The van der Waals surface area contributed by atoms with E-state index >= 15 is 0 Å². The predicted octanol–water partition coefficient (Wildman–Crippen LogP) is 10.3. The van der Waals surface area contributed by atoms with Crippen molar-refractivity contribution in [3.05, 3.63) is 23.0 Å². The van der Waals surface area contributed by atoms with Gasteiger partial charge in [0.25, 0.3) is 0 Å². The second kappa shape index (κ2) is 10.9. The largest absolute Gasteiger partial charge is 0.534 e. The maximum absolute atomic E-state index is 13.9. The SMILES string of the molecule is CC(C)C1=C2[C@H]3CC[C@@H]4[C@@]5(C)CC=C(OS(=O)(=O)C(F)(F)F)C(C)(C)[C@@H]5CC[C@@]4(C)[C@]3(C)CC[C@@]2(CO[Si](C)(C)C(C)(C)C)CC1=O. The van der Waals surface area contributed by atoms with E-state index in [9.17, 15) is 26.4 Å². The van der Waals surface area contributed by atoms with Crippen LogP contribution in [0, 0.1) is 50.7 Å². The second-order valence-electron chi connectivity index (χ2n) is 19.0. The smallest absolute Gasteiger partial charge is 0.416 e. The zero-order valence-corrected chi connectivity index (χ0v) is 32.7. The Morgan fingerprint density at radius 1 is 0.936 bits per heavy atom. The minimum absolute atomic E-state index is 0.0316. The number of carbonyl (C=O) groups is 1. The summed E-state index contributed by atoms with van der Waals surface area (Å²) in [4.78, 5) is 13.9. The Morgan fingerprint density at radius 2 is 1.55 bits per heavy atom. The van der Waals surface area contributed by atoms with Crippen LogP contribution in [-0.2, 0) is 23.5 Å². The maximum Gasteiger partial charge on any atom is 0.534 e. The Hall–Kier alpha value is -1.13. The lowest BCUT2D eigenvalue weighted by Gasteiger charge is -2.71. The first-order valence-electron chi connectivity index (χ1n) is 17.7. The van der Waals surface area contributed by atoms with Crippen LogP contribution in [0.1, 0.15) is 121 Å². The lowest BCUT2D eigenvalue weighted by molar-refractivity contribution is -0.202. The number of carbonyl (C=O) groups excluding carboxylic acids is 1. The van der Waals surface area contributed by atoms with Gasteiger partial charge in [0.05, 0.1) is 0 Å². The fraction of sp³-hybridized carbons (Fsp3) is 0.865. The molecule has 0 heterocycles. The molecule has 3 saturated carbocycles. The van der Waals surface area contributed by atoms with Gasteiger partial charge in [-0.15, -0.1) is 0 Å². The molecule has 0 spiro atoms. The van der Waals surface area contributed by atoms with Crippen molar-refractivity contribution in [3.8, 4) is 0 Å². The molecule has 0 radical (unpaired) electrons. The van der Waals surface area contributed by atoms with Crippen LogP contribution < -0.4 is 0 Å². The molecule has 0 saturated heterocycles. The minimum atomic E-state index is -5.75. The number of fused-ring (bicyclic) bond motifs is 7. The van der Waals surface area contributed by atoms with Gasteiger partial charge in [0.1, 0.15) is 5.76 Å². The topological polar surface area (TPSA) is 69.7 Å². The molecule has 5 aliphatic rings. The van der Waals surface area contributed by atoms with E-state index in [-0.39, 0.29) is 50.2 Å². The zero-order valence-electron chi connectivity index (χ0n) is 30.8. The molecule has 0 aliphatic heterocycles. The molecular formula is C37H59F3O5SSi. The summed E-state index contributed by atoms with van der Waals surface area (Å²) >= 11 is 0. The van der Waals surface area contributed by atoms with Gasteiger partial charge in [0.2, 0.25) is 0 Å². The molecular weight excluding hydrogens is 642 g/mol. The molecule has 0 bridgehead atoms. The van der Waals surface area contributed by atoms with Crippen LogP contribution in [0.4, 0.5) is 13.2 Å². The Balaban J connectivity index is 1.53. The Morgan fingerprint density at radius 3 is 2.11 bits per heavy atom. The molecule has 10 heteroatoms. The van der Waals surface area contributed by atoms with E-state index in [0.29, 0.717) is 31.1 Å². The summed E-state index contributed by atoms with van der Waals surface area (Å²) in [6.45, 7) is 27.2. The number of hydrogen-bond donors (Lipinski definition) is 0. The van der Waals surface area contributed by atoms with Crippen molar-refractivity contribution < 1.29 is 35.0 Å². The van der Waals surface area contributed by atoms with Gasteiger partial charge < -0.3 is 8.61 Å². The molecule has 0 unspecified atom stereocenters. The van der Waals surface area contributed by atoms with Gasteiger partial charge in [-0.05, 0) is 115 Å². The van der Waals surface area contributed by atoms with E-state index in [1.807, 2.05) is 13.8 Å². The van der Waals surface area contributed by atoms with Crippen LogP contribution in [-0.4, -0.2) is 34.6 Å². The highest BCUT2D eigenvalue weighted by molar-refractivity contribution is 7.87. The van der Waals surface area contributed by atoms with Crippen LogP contribution in [0.3, 0.4) is 0 Å². The van der Waals surface area contributed by atoms with Crippen LogP contribution in [0.2, 0.25) is 18.1 Å². The molecule has 0 aromatic carbocycles. The average Bonchev–Trinajstić information content (AvgIpc) is 3.21. The lowest BCUT2D eigenvalue weighted by Crippen LogP contribution is -2.64. The number of alkyl halides is 3. The molecule has 5 rings (SSSR count). The van der Waals surface area contributed by atoms with E-state index in [2.05, 4.69) is 68.5 Å². The van der Waals surface area contributed by atoms with Gasteiger partial charge in [-0.1, -0.05) is 74.8 Å². The highest BCUT2D eigenvalue weighted by atomic mass is 32.2. The third kappa shape index (κ3) is 5.29. The van der Waals surface area contributed by atoms with Crippen molar-refractivity contribution in [1.29, 1.82) is 0 Å². The van der Waals surface area contributed by atoms with Crippen molar-refractivity contribution in [2.75, 3.05) is 6.61 Å². The van der Waals surface area contributed by atoms with Crippen LogP contribution in [0.15, 0.2) is 23.0 Å². The predicted molar refractivity (Wildman–Crippen MR) is 182 cm³/mol. The first-order chi connectivity index (χ1) is 21.1. The van der Waals surface area contributed by atoms with Gasteiger partial charge in [-0.25, -0.2) is 0 Å². The van der Waals surface area contributed by atoms with E-state index in [1.165, 1.54) is 5.57 Å². The van der Waals surface area contributed by atoms with Crippen molar-refractivity contribution in [2.24, 2.45) is 50.7 Å². The Labute approximate surface area is 283 Å². The molecule has 3 fully saturated rings. The molecule has 0 N–H and O–H groups in total. The number of ketones is 1. The van der Waals surface area contributed by atoms with E-state index in [0.717, 1.165) is 44.1 Å². The highest BCUT2D eigenvalue weighted by Gasteiger charge is 2.70. The monoisotopic (exact) mass is 700 g/mol. The third-order valence-electron chi connectivity index (χ3n) is 15.1. The van der Waals surface area contributed by atoms with Crippen molar-refractivity contribution in [3.63, 3.8) is 0 Å². The van der Waals surface area contributed by atoms with Crippen molar-refractivity contribution >= 4 is 24.2 Å². The van der Waals surface area contributed by atoms with Gasteiger partial charge in [-0.3, -0.25) is 4.79 Å². The normalized spacial score (nSPS) is 39.2. The molecule has 47 heavy (non-hydrogen) atoms. The Bertz CT molecular complexity index is 1490. The number of rotatable bonds is 6. The standard InChI is InChI=1S/C37H59F3O5SSi/c1-23(2)29-25(41)21-36(22-44-47(11,12)31(3,4)5)20-19-34(9)24(30(29)36)13-14-27-33(8)17-16-28(45-46(42,43)37(38,39)40)32(6,7)26(33)15-18-35(27,34)10/h16,23-24,26-27H,13-15,17-22H2,1-12H3/t24-,26+,27-,33+,34-,35-,36+/m1/s1. The molecule has 268 valence electrons. The molecule has 0 aromatic rings. The van der Waals surface area contributed by atoms with Gasteiger partial charge in [0, 0.05) is 23.9 Å². The maximum atomic E-state index is 13.9. The van der Waals surface area contributed by atoms with E-state index in [1.54, 1.807) is 6.08 Å². The van der Waals surface area contributed by atoms with Crippen LogP contribution in [0.5, 0.6) is 0 Å². The van der Waals surface area contributed by atoms with Crippen LogP contribution in [0.25, 0.3) is 0 Å². The number of hydrogen-bond acceptors (Lipinski definition) is 5. The zero-order chi connectivity index (χ0) is 35.6. The molecule has 0 amide bonds. The fourth-order valence-electron chi connectivity index (χ4n) is 11.3. The summed E-state index contributed by atoms with van der Waals surface area (Å²) < 4.78 is 75.9. The molecule has 5 nitrogen and oxygen atoms in total. The summed E-state index contributed by atoms with van der Waals surface area (Å²) in [5, 5.41) is 0.0733. The minimum Gasteiger partial charge on any atom is -0.416 e. The summed E-state index contributed by atoms with van der Waals surface area (Å²) in [6.07, 6.45) is 8.20. The van der Waals surface area contributed by atoms with Crippen molar-refractivity contribution in [1.82, 2.24) is 0 Å². The fourth-order valence-corrected chi connectivity index (χ4v) is 13.0. The first kappa shape index (κ1) is 37.1. The number of halogens is 3. The summed E-state index contributed by atoms with van der Waals surface area (Å²) in [7, 11) is -7.80. The summed E-state index contributed by atoms with van der Waals surface area (Å²) in [6, 6.07) is 0. The van der Waals surface area contributed by atoms with Gasteiger partial charge >= 0.3 is 15.6 Å². The van der Waals surface area contributed by atoms with Crippen molar-refractivity contribution in [2.45, 2.75) is 144 Å². The van der Waals surface area contributed by atoms with E-state index < -0.39 is 29.4 Å². The van der Waals surface area contributed by atoms with Gasteiger partial charge in [-0.2, -0.15) is 21.6 Å². The quantitative estimate of drug-likeness (QED) is 0.157. The average molecular weight is 701 g/mol. The lowest BCUT2D eigenvalue weighted by atomic mass is 9.33.